The maximum atomic E-state index is 12.2. The molecular formula is C16H22N2O2S. The van der Waals surface area contributed by atoms with Crippen molar-refractivity contribution in [2.24, 2.45) is 5.73 Å². The van der Waals surface area contributed by atoms with Crippen LogP contribution in [0.25, 0.3) is 0 Å². The Kier molecular flexibility index (Phi) is 4.83. The molecule has 1 fully saturated rings. The summed E-state index contributed by atoms with van der Waals surface area (Å²) in [6.07, 6.45) is 2.22. The molecule has 0 unspecified atom stereocenters. The number of amides is 1. The van der Waals surface area contributed by atoms with E-state index in [9.17, 15) is 4.79 Å². The molecule has 114 valence electrons. The third-order valence-corrected chi connectivity index (χ3v) is 3.97. The summed E-state index contributed by atoms with van der Waals surface area (Å²) in [4.78, 5) is 14.5. The van der Waals surface area contributed by atoms with Gasteiger partial charge < -0.3 is 15.4 Å². The van der Waals surface area contributed by atoms with Crippen LogP contribution in [0.2, 0.25) is 0 Å². The molecule has 0 spiro atoms. The van der Waals surface area contributed by atoms with Crippen LogP contribution in [0.1, 0.15) is 36.5 Å². The van der Waals surface area contributed by atoms with Crippen molar-refractivity contribution >= 4 is 23.1 Å². The van der Waals surface area contributed by atoms with Crippen LogP contribution >= 0.6 is 12.2 Å². The van der Waals surface area contributed by atoms with Crippen LogP contribution in [0.4, 0.5) is 0 Å². The van der Waals surface area contributed by atoms with E-state index in [2.05, 4.69) is 0 Å². The van der Waals surface area contributed by atoms with Gasteiger partial charge in [0.15, 0.2) is 6.61 Å². The highest BCUT2D eigenvalue weighted by molar-refractivity contribution is 7.80. The van der Waals surface area contributed by atoms with Gasteiger partial charge in [-0.05, 0) is 56.9 Å². The number of aryl methyl sites for hydroxylation is 2. The zero-order chi connectivity index (χ0) is 15.6. The van der Waals surface area contributed by atoms with Crippen LogP contribution in [0.15, 0.2) is 12.1 Å². The third-order valence-electron chi connectivity index (χ3n) is 3.73. The zero-order valence-corrected chi connectivity index (χ0v) is 13.6. The van der Waals surface area contributed by atoms with Crippen molar-refractivity contribution in [1.82, 2.24) is 4.90 Å². The van der Waals surface area contributed by atoms with Crippen molar-refractivity contribution in [1.29, 1.82) is 0 Å². The first kappa shape index (κ1) is 15.8. The minimum absolute atomic E-state index is 0.0530. The SMILES string of the molecule is CCN(C(=O)COc1c(C)cc(C(N)=S)cc1C)C1CC1. The smallest absolute Gasteiger partial charge is 0.260 e. The molecule has 1 saturated carbocycles. The minimum Gasteiger partial charge on any atom is -0.483 e. The van der Waals surface area contributed by atoms with Gasteiger partial charge in [0.2, 0.25) is 0 Å². The summed E-state index contributed by atoms with van der Waals surface area (Å²) in [6, 6.07) is 4.21. The Labute approximate surface area is 131 Å². The second kappa shape index (κ2) is 6.43. The summed E-state index contributed by atoms with van der Waals surface area (Å²) in [7, 11) is 0. The summed E-state index contributed by atoms with van der Waals surface area (Å²) < 4.78 is 5.75. The lowest BCUT2D eigenvalue weighted by molar-refractivity contribution is -0.133. The second-order valence-corrected chi connectivity index (χ2v) is 5.94. The Morgan fingerprint density at radius 2 is 1.95 bits per heavy atom. The molecule has 0 saturated heterocycles. The highest BCUT2D eigenvalue weighted by Crippen LogP contribution is 2.28. The van der Waals surface area contributed by atoms with E-state index in [0.717, 1.165) is 41.8 Å². The normalized spacial score (nSPS) is 13.9. The van der Waals surface area contributed by atoms with Crippen molar-refractivity contribution in [3.05, 3.63) is 28.8 Å². The standard InChI is InChI=1S/C16H22N2O2S/c1-4-18(13-5-6-13)14(19)9-20-15-10(2)7-12(16(17)21)8-11(15)3/h7-8,13H,4-6,9H2,1-3H3,(H2,17,21). The first-order valence-electron chi connectivity index (χ1n) is 7.27. The van der Waals surface area contributed by atoms with Gasteiger partial charge in [0, 0.05) is 18.2 Å². The molecule has 2 N–H and O–H groups in total. The fraction of sp³-hybridized carbons (Fsp3) is 0.500. The number of nitrogens with zero attached hydrogens (tertiary/aromatic N) is 1. The van der Waals surface area contributed by atoms with E-state index in [1.807, 2.05) is 37.8 Å². The first-order valence-corrected chi connectivity index (χ1v) is 7.68. The summed E-state index contributed by atoms with van der Waals surface area (Å²) >= 11 is 4.99. The van der Waals surface area contributed by atoms with Gasteiger partial charge in [0.1, 0.15) is 10.7 Å². The number of rotatable bonds is 6. The molecule has 1 aliphatic rings. The number of benzene rings is 1. The molecule has 5 heteroatoms. The van der Waals surface area contributed by atoms with Gasteiger partial charge in [0.25, 0.3) is 5.91 Å². The maximum absolute atomic E-state index is 12.2. The van der Waals surface area contributed by atoms with Crippen molar-refractivity contribution in [3.63, 3.8) is 0 Å². The second-order valence-electron chi connectivity index (χ2n) is 5.50. The summed E-state index contributed by atoms with van der Waals surface area (Å²) in [5, 5.41) is 0. The highest BCUT2D eigenvalue weighted by Gasteiger charge is 2.31. The predicted octanol–water partition coefficient (Wildman–Crippen LogP) is 2.33. The van der Waals surface area contributed by atoms with Crippen LogP contribution in [0, 0.1) is 13.8 Å². The Morgan fingerprint density at radius 1 is 1.38 bits per heavy atom. The van der Waals surface area contributed by atoms with Gasteiger partial charge in [-0.25, -0.2) is 0 Å². The lowest BCUT2D eigenvalue weighted by atomic mass is 10.1. The third kappa shape index (κ3) is 3.73. The predicted molar refractivity (Wildman–Crippen MR) is 87.7 cm³/mol. The first-order chi connectivity index (χ1) is 9.93. The number of likely N-dealkylation sites (N-methyl/N-ethyl adjacent to an activating group) is 1. The van der Waals surface area contributed by atoms with Gasteiger partial charge in [-0.1, -0.05) is 12.2 Å². The van der Waals surface area contributed by atoms with Gasteiger partial charge in [0.05, 0.1) is 0 Å². The van der Waals surface area contributed by atoms with E-state index >= 15 is 0 Å². The van der Waals surface area contributed by atoms with Crippen LogP contribution in [-0.4, -0.2) is 35.0 Å². The summed E-state index contributed by atoms with van der Waals surface area (Å²) in [6.45, 7) is 6.70. The Balaban J connectivity index is 2.06. The van der Waals surface area contributed by atoms with Gasteiger partial charge >= 0.3 is 0 Å². The molecule has 0 aliphatic heterocycles. The molecule has 1 aliphatic carbocycles. The average Bonchev–Trinajstić information content (AvgIpc) is 3.22. The van der Waals surface area contributed by atoms with Gasteiger partial charge in [-0.15, -0.1) is 0 Å². The van der Waals surface area contributed by atoms with Crippen molar-refractivity contribution in [2.45, 2.75) is 39.7 Å². The molecule has 4 nitrogen and oxygen atoms in total. The lowest BCUT2D eigenvalue weighted by Gasteiger charge is -2.21. The largest absolute Gasteiger partial charge is 0.483 e. The molecule has 1 aromatic rings. The number of carbonyl (C=O) groups excluding carboxylic acids is 1. The minimum atomic E-state index is 0.0530. The molecule has 0 aromatic heterocycles. The molecule has 0 heterocycles. The van der Waals surface area contributed by atoms with Crippen molar-refractivity contribution < 1.29 is 9.53 Å². The van der Waals surface area contributed by atoms with Gasteiger partial charge in [-0.3, -0.25) is 4.79 Å². The molecule has 2 rings (SSSR count). The molecule has 0 radical (unpaired) electrons. The van der Waals surface area contributed by atoms with E-state index in [1.54, 1.807) is 0 Å². The molecule has 0 atom stereocenters. The highest BCUT2D eigenvalue weighted by atomic mass is 32.1. The number of thiocarbonyl (C=S) groups is 1. The van der Waals surface area contributed by atoms with E-state index in [1.165, 1.54) is 0 Å². The van der Waals surface area contributed by atoms with Crippen LogP contribution < -0.4 is 10.5 Å². The van der Waals surface area contributed by atoms with Crippen molar-refractivity contribution in [3.8, 4) is 5.75 Å². The number of nitrogens with two attached hydrogens (primary N) is 1. The van der Waals surface area contributed by atoms with Crippen LogP contribution in [0.3, 0.4) is 0 Å². The van der Waals surface area contributed by atoms with E-state index in [0.29, 0.717) is 11.0 Å². The fourth-order valence-electron chi connectivity index (χ4n) is 2.56. The average molecular weight is 306 g/mol. The number of hydrogen-bond donors (Lipinski definition) is 1. The molecule has 21 heavy (non-hydrogen) atoms. The Bertz CT molecular complexity index is 544. The number of hydrogen-bond acceptors (Lipinski definition) is 3. The summed E-state index contributed by atoms with van der Waals surface area (Å²) in [5.74, 6) is 0.799. The van der Waals surface area contributed by atoms with Crippen LogP contribution in [-0.2, 0) is 4.79 Å². The Hall–Kier alpha value is -1.62. The molecule has 1 aromatic carbocycles. The lowest BCUT2D eigenvalue weighted by Crippen LogP contribution is -2.36. The molecule has 0 bridgehead atoms. The topological polar surface area (TPSA) is 55.6 Å². The summed E-state index contributed by atoms with van der Waals surface area (Å²) in [5.41, 5.74) is 8.37. The maximum Gasteiger partial charge on any atom is 0.260 e. The van der Waals surface area contributed by atoms with Crippen molar-refractivity contribution in [2.75, 3.05) is 13.2 Å². The Morgan fingerprint density at radius 3 is 2.38 bits per heavy atom. The van der Waals surface area contributed by atoms with E-state index in [-0.39, 0.29) is 12.5 Å². The van der Waals surface area contributed by atoms with Crippen LogP contribution in [0.5, 0.6) is 5.75 Å². The number of carbonyl (C=O) groups is 1. The molecule has 1 amide bonds. The number of ether oxygens (including phenoxy) is 1. The zero-order valence-electron chi connectivity index (χ0n) is 12.8. The quantitative estimate of drug-likeness (QED) is 0.820. The van der Waals surface area contributed by atoms with Gasteiger partial charge in [-0.2, -0.15) is 0 Å². The van der Waals surface area contributed by atoms with E-state index < -0.39 is 0 Å². The van der Waals surface area contributed by atoms with E-state index in [4.69, 9.17) is 22.7 Å². The fourth-order valence-corrected chi connectivity index (χ4v) is 2.68. The monoisotopic (exact) mass is 306 g/mol. The molecular weight excluding hydrogens is 284 g/mol.